The van der Waals surface area contributed by atoms with Gasteiger partial charge in [0.1, 0.15) is 0 Å². The second-order valence-corrected chi connectivity index (χ2v) is 11.9. The Bertz CT molecular complexity index is 754. The molecular weight excluding hydrogens is 350 g/mol. The summed E-state index contributed by atoms with van der Waals surface area (Å²) in [7, 11) is 0.520. The van der Waals surface area contributed by atoms with Gasteiger partial charge in [0.25, 0.3) is 0 Å². The Labute approximate surface area is 160 Å². The van der Waals surface area contributed by atoms with Crippen LogP contribution in [0.25, 0.3) is 0 Å². The summed E-state index contributed by atoms with van der Waals surface area (Å²) in [6.07, 6.45) is 6.86. The van der Waals surface area contributed by atoms with Crippen LogP contribution in [-0.4, -0.2) is 4.90 Å². The Morgan fingerprint density at radius 2 is 1.04 bits per heavy atom. The van der Waals surface area contributed by atoms with Crippen LogP contribution in [-0.2, 0) is 0 Å². The van der Waals surface area contributed by atoms with Gasteiger partial charge in [-0.1, -0.05) is 119 Å². The molecule has 26 heavy (non-hydrogen) atoms. The molecule has 1 aliphatic carbocycles. The van der Waals surface area contributed by atoms with E-state index < -0.39 is 0 Å². The summed E-state index contributed by atoms with van der Waals surface area (Å²) < 4.78 is 0. The van der Waals surface area contributed by atoms with Crippen LogP contribution in [0.3, 0.4) is 0 Å². The van der Waals surface area contributed by atoms with Crippen molar-refractivity contribution in [2.75, 3.05) is 0 Å². The monoisotopic (exact) mass is 376 g/mol. The third-order valence-corrected chi connectivity index (χ3v) is 10.8. The van der Waals surface area contributed by atoms with Gasteiger partial charge in [0.2, 0.25) is 0 Å². The van der Waals surface area contributed by atoms with E-state index in [-0.39, 0.29) is 7.92 Å². The molecule has 0 N–H and O–H groups in total. The van der Waals surface area contributed by atoms with Crippen molar-refractivity contribution in [1.29, 1.82) is 0 Å². The number of benzene rings is 3. The minimum absolute atomic E-state index is 0.365. The van der Waals surface area contributed by atoms with Crippen LogP contribution in [0.15, 0.2) is 91.0 Å². The molecule has 3 aromatic rings. The molecular formula is C24H26P2. The normalized spacial score (nSPS) is 17.0. The van der Waals surface area contributed by atoms with Gasteiger partial charge in [0.15, 0.2) is 0 Å². The van der Waals surface area contributed by atoms with Gasteiger partial charge in [0, 0.05) is 4.90 Å². The first kappa shape index (κ1) is 17.9. The molecule has 0 bridgehead atoms. The Morgan fingerprint density at radius 3 is 1.54 bits per heavy atom. The molecule has 0 radical (unpaired) electrons. The quantitative estimate of drug-likeness (QED) is 0.495. The van der Waals surface area contributed by atoms with Gasteiger partial charge in [0.05, 0.1) is 0 Å². The highest BCUT2D eigenvalue weighted by molar-refractivity contribution is 7.83. The third kappa shape index (κ3) is 3.93. The van der Waals surface area contributed by atoms with Crippen molar-refractivity contribution < 1.29 is 0 Å². The molecule has 3 aromatic carbocycles. The van der Waals surface area contributed by atoms with Gasteiger partial charge < -0.3 is 0 Å². The maximum absolute atomic E-state index is 2.37. The van der Waals surface area contributed by atoms with Gasteiger partial charge in [-0.05, 0) is 36.7 Å². The Morgan fingerprint density at radius 1 is 0.577 bits per heavy atom. The van der Waals surface area contributed by atoms with Crippen LogP contribution in [0.5, 0.6) is 0 Å². The average molecular weight is 376 g/mol. The van der Waals surface area contributed by atoms with E-state index in [0.29, 0.717) is 4.90 Å². The van der Waals surface area contributed by atoms with E-state index in [2.05, 4.69) is 91.0 Å². The molecule has 0 saturated heterocycles. The third-order valence-electron chi connectivity index (χ3n) is 5.29. The lowest BCUT2D eigenvalue weighted by atomic mass is 9.99. The van der Waals surface area contributed by atoms with E-state index in [1.807, 2.05) is 0 Å². The SMILES string of the molecule is c1ccc(PC2(P(c3ccccc3)c3ccccc3)CCCCC2)cc1. The number of hydrogen-bond donors (Lipinski definition) is 0. The van der Waals surface area contributed by atoms with E-state index in [9.17, 15) is 0 Å². The molecule has 1 atom stereocenters. The van der Waals surface area contributed by atoms with Gasteiger partial charge in [-0.2, -0.15) is 0 Å². The van der Waals surface area contributed by atoms with Crippen molar-refractivity contribution in [2.24, 2.45) is 0 Å². The highest BCUT2D eigenvalue weighted by atomic mass is 31.2. The summed E-state index contributed by atoms with van der Waals surface area (Å²) in [4.78, 5) is 0.400. The van der Waals surface area contributed by atoms with Crippen LogP contribution < -0.4 is 15.9 Å². The lowest BCUT2D eigenvalue weighted by Crippen LogP contribution is -2.34. The van der Waals surface area contributed by atoms with E-state index in [1.165, 1.54) is 37.4 Å². The van der Waals surface area contributed by atoms with Crippen LogP contribution >= 0.6 is 16.5 Å². The Balaban J connectivity index is 1.81. The largest absolute Gasteiger partial charge is 0.0789 e. The van der Waals surface area contributed by atoms with Crippen LogP contribution in [0.1, 0.15) is 32.1 Å². The van der Waals surface area contributed by atoms with E-state index in [1.54, 1.807) is 10.6 Å². The van der Waals surface area contributed by atoms with E-state index >= 15 is 0 Å². The fourth-order valence-corrected chi connectivity index (χ4v) is 10.2. The molecule has 0 spiro atoms. The zero-order chi connectivity index (χ0) is 17.7. The van der Waals surface area contributed by atoms with Crippen molar-refractivity contribution >= 4 is 32.4 Å². The van der Waals surface area contributed by atoms with Crippen LogP contribution in [0, 0.1) is 0 Å². The van der Waals surface area contributed by atoms with Gasteiger partial charge in [-0.15, -0.1) is 0 Å². The van der Waals surface area contributed by atoms with E-state index in [0.717, 1.165) is 8.58 Å². The molecule has 1 fully saturated rings. The maximum atomic E-state index is 2.37. The molecule has 0 aliphatic heterocycles. The maximum Gasteiger partial charge on any atom is 0.0199 e. The topological polar surface area (TPSA) is 0 Å². The van der Waals surface area contributed by atoms with Crippen molar-refractivity contribution in [3.63, 3.8) is 0 Å². The summed E-state index contributed by atoms with van der Waals surface area (Å²) in [5.74, 6) is 0. The summed E-state index contributed by atoms with van der Waals surface area (Å²) in [5.41, 5.74) is 0. The number of hydrogen-bond acceptors (Lipinski definition) is 0. The average Bonchev–Trinajstić information content (AvgIpc) is 2.71. The van der Waals surface area contributed by atoms with Crippen LogP contribution in [0.4, 0.5) is 0 Å². The van der Waals surface area contributed by atoms with Crippen molar-refractivity contribution in [3.8, 4) is 0 Å². The van der Waals surface area contributed by atoms with Crippen molar-refractivity contribution in [2.45, 2.75) is 37.0 Å². The molecule has 1 aliphatic rings. The molecule has 0 nitrogen and oxygen atoms in total. The summed E-state index contributed by atoms with van der Waals surface area (Å²) in [6.45, 7) is 0. The lowest BCUT2D eigenvalue weighted by molar-refractivity contribution is 0.485. The first-order chi connectivity index (χ1) is 12.9. The molecule has 132 valence electrons. The van der Waals surface area contributed by atoms with Crippen molar-refractivity contribution in [3.05, 3.63) is 91.0 Å². The zero-order valence-electron chi connectivity index (χ0n) is 15.1. The fourth-order valence-electron chi connectivity index (χ4n) is 4.13. The highest BCUT2D eigenvalue weighted by Crippen LogP contribution is 2.63. The molecule has 4 rings (SSSR count). The fraction of sp³-hybridized carbons (Fsp3) is 0.250. The predicted molar refractivity (Wildman–Crippen MR) is 119 cm³/mol. The Kier molecular flexibility index (Phi) is 5.84. The standard InChI is InChI=1S/C24H26P2/c1-5-13-21(14-6-1)25-24(19-11-4-12-20-24)26(22-15-7-2-8-16-22)23-17-9-3-10-18-23/h1-3,5-10,13-18,25H,4,11-12,19-20H2. The number of rotatable bonds is 5. The first-order valence-corrected chi connectivity index (χ1v) is 12.0. The summed E-state index contributed by atoms with van der Waals surface area (Å²) >= 11 is 0. The first-order valence-electron chi connectivity index (χ1n) is 9.61. The highest BCUT2D eigenvalue weighted by Gasteiger charge is 2.41. The smallest absolute Gasteiger partial charge is 0.0199 e. The molecule has 2 heteroatoms. The minimum Gasteiger partial charge on any atom is -0.0789 e. The van der Waals surface area contributed by atoms with Gasteiger partial charge >= 0.3 is 0 Å². The van der Waals surface area contributed by atoms with Crippen LogP contribution in [0.2, 0.25) is 0 Å². The molecule has 1 saturated carbocycles. The molecule has 0 heterocycles. The summed E-state index contributed by atoms with van der Waals surface area (Å²) in [6, 6.07) is 33.8. The van der Waals surface area contributed by atoms with Gasteiger partial charge in [-0.3, -0.25) is 0 Å². The lowest BCUT2D eigenvalue weighted by Gasteiger charge is -2.45. The van der Waals surface area contributed by atoms with Crippen molar-refractivity contribution in [1.82, 2.24) is 0 Å². The molecule has 0 aromatic heterocycles. The second-order valence-electron chi connectivity index (χ2n) is 7.09. The minimum atomic E-state index is -0.365. The summed E-state index contributed by atoms with van der Waals surface area (Å²) in [5, 5.41) is 4.60. The second kappa shape index (κ2) is 8.47. The van der Waals surface area contributed by atoms with E-state index in [4.69, 9.17) is 0 Å². The Hall–Kier alpha value is -1.48. The molecule has 1 unspecified atom stereocenters. The molecule has 0 amide bonds. The zero-order valence-corrected chi connectivity index (χ0v) is 17.0. The predicted octanol–water partition coefficient (Wildman–Crippen LogP) is 5.78. The van der Waals surface area contributed by atoms with Gasteiger partial charge in [-0.25, -0.2) is 0 Å².